The molecule has 29 heavy (non-hydrogen) atoms. The zero-order chi connectivity index (χ0) is 21.2. The largest absolute Gasteiger partial charge is 0.493 e. The summed E-state index contributed by atoms with van der Waals surface area (Å²) in [5.74, 6) is 1.17. The molecule has 3 N–H and O–H groups in total. The van der Waals surface area contributed by atoms with Gasteiger partial charge >= 0.3 is 0 Å². The summed E-state index contributed by atoms with van der Waals surface area (Å²) in [5, 5.41) is 8.79. The lowest BCUT2D eigenvalue weighted by atomic mass is 10.1. The average Bonchev–Trinajstić information content (AvgIpc) is 2.96. The molecule has 9 heteroatoms. The van der Waals surface area contributed by atoms with Crippen molar-refractivity contribution in [2.75, 3.05) is 13.7 Å². The number of benzene rings is 2. The molecular formula is C20H21N3O5S. The lowest BCUT2D eigenvalue weighted by Crippen LogP contribution is -2.33. The summed E-state index contributed by atoms with van der Waals surface area (Å²) in [7, 11) is -2.25. The molecule has 2 aromatic carbocycles. The zero-order valence-electron chi connectivity index (χ0n) is 16.0. The second-order valence-electron chi connectivity index (χ2n) is 6.17. The minimum absolute atomic E-state index is 0.0378. The number of primary sulfonamides is 1. The van der Waals surface area contributed by atoms with Crippen LogP contribution in [0.15, 0.2) is 52.2 Å². The van der Waals surface area contributed by atoms with Gasteiger partial charge in [0.15, 0.2) is 11.5 Å². The first-order valence-corrected chi connectivity index (χ1v) is 10.2. The Labute approximate surface area is 167 Å². The molecule has 0 saturated heterocycles. The second kappa shape index (κ2) is 7.98. The number of hydrogen-bond acceptors (Lipinski definition) is 5. The number of hydrogen-bond donors (Lipinski definition) is 2. The van der Waals surface area contributed by atoms with Gasteiger partial charge in [0.2, 0.25) is 10.0 Å². The highest BCUT2D eigenvalue weighted by Crippen LogP contribution is 2.28. The van der Waals surface area contributed by atoms with Gasteiger partial charge in [0.05, 0.1) is 34.9 Å². The smallest absolute Gasteiger partial charge is 0.279 e. The molecule has 0 radical (unpaired) electrons. The summed E-state index contributed by atoms with van der Waals surface area (Å²) < 4.78 is 34.9. The van der Waals surface area contributed by atoms with E-state index in [0.717, 1.165) is 5.56 Å². The first kappa shape index (κ1) is 20.4. The average molecular weight is 415 g/mol. The van der Waals surface area contributed by atoms with Gasteiger partial charge in [0, 0.05) is 0 Å². The first-order valence-electron chi connectivity index (χ1n) is 8.70. The highest BCUT2D eigenvalue weighted by Gasteiger charge is 2.10. The Morgan fingerprint density at radius 1 is 1.17 bits per heavy atom. The number of rotatable bonds is 6. The second-order valence-corrected chi connectivity index (χ2v) is 7.73. The molecule has 152 valence electrons. The molecule has 0 aliphatic rings. The fourth-order valence-corrected chi connectivity index (χ4v) is 3.34. The van der Waals surface area contributed by atoms with E-state index in [4.69, 9.17) is 14.6 Å². The third-order valence-corrected chi connectivity index (χ3v) is 5.16. The molecule has 0 unspecified atom stereocenters. The van der Waals surface area contributed by atoms with E-state index in [2.05, 4.69) is 11.7 Å². The van der Waals surface area contributed by atoms with Gasteiger partial charge in [-0.2, -0.15) is 0 Å². The van der Waals surface area contributed by atoms with Crippen LogP contribution in [-0.4, -0.2) is 31.9 Å². The third-order valence-electron chi connectivity index (χ3n) is 4.23. The monoisotopic (exact) mass is 415 g/mol. The standard InChI is InChI=1S/C20H21N3O5S/c1-4-28-19-12-14(5-10-18(19)27-3)11-17-13(2)22-23(20(17)24)15-6-8-16(9-7-15)29(21,25)26/h5-12,22H,2,4H2,1,3H3,(H2,21,25,26)/b17-11-. The maximum Gasteiger partial charge on any atom is 0.279 e. The number of aromatic nitrogens is 2. The van der Waals surface area contributed by atoms with Crippen LogP contribution in [0.2, 0.25) is 0 Å². The SMILES string of the molecule is C=c1[nH]n(-c2ccc(S(N)(=O)=O)cc2)c(=O)/c1=C\c1ccc(OC)c(OCC)c1. The number of sulfonamides is 1. The maximum atomic E-state index is 12.9. The predicted molar refractivity (Wildman–Crippen MR) is 110 cm³/mol. The fourth-order valence-electron chi connectivity index (χ4n) is 2.83. The Morgan fingerprint density at radius 3 is 2.45 bits per heavy atom. The van der Waals surface area contributed by atoms with Gasteiger partial charge < -0.3 is 9.47 Å². The van der Waals surface area contributed by atoms with E-state index in [1.54, 1.807) is 31.4 Å². The fraction of sp³-hybridized carbons (Fsp3) is 0.150. The van der Waals surface area contributed by atoms with E-state index >= 15 is 0 Å². The topological polar surface area (TPSA) is 116 Å². The molecule has 0 aliphatic carbocycles. The minimum Gasteiger partial charge on any atom is -0.493 e. The molecule has 0 spiro atoms. The van der Waals surface area contributed by atoms with Crippen LogP contribution in [-0.2, 0) is 10.0 Å². The van der Waals surface area contributed by atoms with Crippen LogP contribution in [0.5, 0.6) is 11.5 Å². The van der Waals surface area contributed by atoms with E-state index in [0.29, 0.717) is 34.4 Å². The summed E-state index contributed by atoms with van der Waals surface area (Å²) in [6.45, 7) is 6.24. The molecule has 1 heterocycles. The van der Waals surface area contributed by atoms with Crippen LogP contribution in [0.1, 0.15) is 12.5 Å². The molecule has 3 rings (SSSR count). The number of nitrogens with two attached hydrogens (primary N) is 1. The van der Waals surface area contributed by atoms with Crippen LogP contribution in [0.25, 0.3) is 18.3 Å². The molecule has 0 amide bonds. The van der Waals surface area contributed by atoms with Gasteiger partial charge in [-0.1, -0.05) is 12.6 Å². The van der Waals surface area contributed by atoms with E-state index in [-0.39, 0.29) is 10.5 Å². The van der Waals surface area contributed by atoms with Gasteiger partial charge in [0.1, 0.15) is 0 Å². The number of nitrogens with zero attached hydrogens (tertiary/aromatic N) is 1. The van der Waals surface area contributed by atoms with Crippen LogP contribution in [0.3, 0.4) is 0 Å². The Bertz CT molecular complexity index is 1310. The van der Waals surface area contributed by atoms with Crippen molar-refractivity contribution in [3.8, 4) is 17.2 Å². The van der Waals surface area contributed by atoms with Gasteiger partial charge in [-0.05, 0) is 55.0 Å². The molecule has 0 saturated carbocycles. The van der Waals surface area contributed by atoms with Crippen molar-refractivity contribution in [2.24, 2.45) is 5.14 Å². The van der Waals surface area contributed by atoms with Gasteiger partial charge in [-0.15, -0.1) is 0 Å². The van der Waals surface area contributed by atoms with Gasteiger partial charge in [-0.25, -0.2) is 18.2 Å². The molecule has 0 aliphatic heterocycles. The normalized spacial score (nSPS) is 12.2. The summed E-state index contributed by atoms with van der Waals surface area (Å²) in [6, 6.07) is 11.0. The van der Waals surface area contributed by atoms with Crippen molar-refractivity contribution in [3.63, 3.8) is 0 Å². The Kier molecular flexibility index (Phi) is 5.62. The van der Waals surface area contributed by atoms with E-state index in [1.807, 2.05) is 6.92 Å². The molecule has 8 nitrogen and oxygen atoms in total. The van der Waals surface area contributed by atoms with Crippen LogP contribution in [0.4, 0.5) is 0 Å². The van der Waals surface area contributed by atoms with Gasteiger partial charge in [0.25, 0.3) is 5.56 Å². The van der Waals surface area contributed by atoms with Crippen molar-refractivity contribution < 1.29 is 17.9 Å². The molecule has 0 fully saturated rings. The molecule has 0 atom stereocenters. The molecule has 1 aromatic heterocycles. The Hall–Kier alpha value is -3.30. The number of nitrogens with one attached hydrogen (secondary N) is 1. The highest BCUT2D eigenvalue weighted by molar-refractivity contribution is 7.89. The number of aromatic amines is 1. The lowest BCUT2D eigenvalue weighted by Gasteiger charge is -2.09. The third kappa shape index (κ3) is 4.25. The zero-order valence-corrected chi connectivity index (χ0v) is 16.8. The minimum atomic E-state index is -3.81. The summed E-state index contributed by atoms with van der Waals surface area (Å²) in [5.41, 5.74) is 0.871. The van der Waals surface area contributed by atoms with Gasteiger partial charge in [-0.3, -0.25) is 9.89 Å². The first-order chi connectivity index (χ1) is 13.7. The molecule has 3 aromatic rings. The van der Waals surface area contributed by atoms with Crippen molar-refractivity contribution in [1.29, 1.82) is 0 Å². The number of ether oxygens (including phenoxy) is 2. The van der Waals surface area contributed by atoms with Crippen LogP contribution >= 0.6 is 0 Å². The van der Waals surface area contributed by atoms with Crippen molar-refractivity contribution in [3.05, 3.63) is 68.9 Å². The van der Waals surface area contributed by atoms with E-state index < -0.39 is 10.0 Å². The Balaban J connectivity index is 2.08. The van der Waals surface area contributed by atoms with Crippen molar-refractivity contribution >= 4 is 22.7 Å². The van der Waals surface area contributed by atoms with Crippen LogP contribution in [0, 0.1) is 0 Å². The summed E-state index contributed by atoms with van der Waals surface area (Å²) in [4.78, 5) is 12.8. The highest BCUT2D eigenvalue weighted by atomic mass is 32.2. The molecular weight excluding hydrogens is 394 g/mol. The summed E-state index contributed by atoms with van der Waals surface area (Å²) in [6.07, 6.45) is 1.69. The lowest BCUT2D eigenvalue weighted by molar-refractivity contribution is 0.311. The quantitative estimate of drug-likeness (QED) is 0.607. The van der Waals surface area contributed by atoms with Crippen LogP contribution < -0.4 is 30.7 Å². The van der Waals surface area contributed by atoms with Crippen molar-refractivity contribution in [2.45, 2.75) is 11.8 Å². The van der Waals surface area contributed by atoms with E-state index in [1.165, 1.54) is 28.9 Å². The predicted octanol–water partition coefficient (Wildman–Crippen LogP) is 0.459. The Morgan fingerprint density at radius 2 is 1.86 bits per heavy atom. The van der Waals surface area contributed by atoms with E-state index in [9.17, 15) is 13.2 Å². The number of H-pyrrole nitrogens is 1. The summed E-state index contributed by atoms with van der Waals surface area (Å²) >= 11 is 0. The number of methoxy groups -OCH3 is 1. The molecule has 0 bridgehead atoms. The maximum absolute atomic E-state index is 12.9. The van der Waals surface area contributed by atoms with Crippen molar-refractivity contribution in [1.82, 2.24) is 9.78 Å².